The van der Waals surface area contributed by atoms with E-state index in [1.807, 2.05) is 6.92 Å². The zero-order valence-corrected chi connectivity index (χ0v) is 12.2. The normalized spacial score (nSPS) is 10.1. The van der Waals surface area contributed by atoms with Gasteiger partial charge >= 0.3 is 11.7 Å². The highest BCUT2D eigenvalue weighted by Gasteiger charge is 2.15. The van der Waals surface area contributed by atoms with Gasteiger partial charge in [-0.3, -0.25) is 10.1 Å². The van der Waals surface area contributed by atoms with Crippen LogP contribution in [0.1, 0.15) is 21.5 Å². The van der Waals surface area contributed by atoms with Gasteiger partial charge in [0.05, 0.1) is 17.6 Å². The lowest BCUT2D eigenvalue weighted by atomic mass is 10.1. The van der Waals surface area contributed by atoms with Gasteiger partial charge in [-0.25, -0.2) is 4.79 Å². The van der Waals surface area contributed by atoms with Gasteiger partial charge in [-0.05, 0) is 36.2 Å². The van der Waals surface area contributed by atoms with E-state index < -0.39 is 10.9 Å². The molecule has 0 saturated heterocycles. The van der Waals surface area contributed by atoms with E-state index in [2.05, 4.69) is 4.74 Å². The number of benzene rings is 2. The first-order valence-corrected chi connectivity index (χ1v) is 6.56. The predicted molar refractivity (Wildman–Crippen MR) is 79.9 cm³/mol. The Morgan fingerprint density at radius 2 is 1.86 bits per heavy atom. The molecule has 0 aliphatic carbocycles. The van der Waals surface area contributed by atoms with Crippen LogP contribution in [0, 0.1) is 17.0 Å². The fraction of sp³-hybridized carbons (Fsp3) is 0.188. The molecule has 2 rings (SSSR count). The highest BCUT2D eigenvalue weighted by Crippen LogP contribution is 2.28. The average molecular weight is 301 g/mol. The molecule has 0 atom stereocenters. The minimum atomic E-state index is -0.477. The maximum atomic E-state index is 11.3. The Bertz CT molecular complexity index is 694. The Hall–Kier alpha value is -2.89. The minimum Gasteiger partial charge on any atom is -0.482 e. The first kappa shape index (κ1) is 15.5. The summed E-state index contributed by atoms with van der Waals surface area (Å²) in [5.74, 6) is -0.191. The summed E-state index contributed by atoms with van der Waals surface area (Å²) in [4.78, 5) is 21.8. The van der Waals surface area contributed by atoms with Crippen molar-refractivity contribution in [2.24, 2.45) is 0 Å². The average Bonchev–Trinajstić information content (AvgIpc) is 2.52. The van der Waals surface area contributed by atoms with E-state index in [1.54, 1.807) is 36.4 Å². The van der Waals surface area contributed by atoms with Gasteiger partial charge in [-0.2, -0.15) is 0 Å². The highest BCUT2D eigenvalue weighted by molar-refractivity contribution is 5.89. The first-order chi connectivity index (χ1) is 10.5. The number of hydrogen-bond donors (Lipinski definition) is 0. The molecule has 0 bridgehead atoms. The fourth-order valence-electron chi connectivity index (χ4n) is 1.90. The second-order valence-corrected chi connectivity index (χ2v) is 4.71. The maximum absolute atomic E-state index is 11.3. The van der Waals surface area contributed by atoms with Crippen LogP contribution in [-0.2, 0) is 11.3 Å². The van der Waals surface area contributed by atoms with Gasteiger partial charge in [0.2, 0.25) is 0 Å². The molecule has 6 nitrogen and oxygen atoms in total. The molecule has 0 saturated carbocycles. The molecular formula is C16H15NO5. The van der Waals surface area contributed by atoms with Crippen LogP contribution in [0.25, 0.3) is 0 Å². The number of carbonyl (C=O) groups is 1. The van der Waals surface area contributed by atoms with Crippen molar-refractivity contribution in [3.63, 3.8) is 0 Å². The van der Waals surface area contributed by atoms with Crippen molar-refractivity contribution >= 4 is 11.7 Å². The van der Waals surface area contributed by atoms with Crippen molar-refractivity contribution in [1.82, 2.24) is 0 Å². The van der Waals surface area contributed by atoms with Gasteiger partial charge in [-0.1, -0.05) is 18.2 Å². The molecule has 0 spiro atoms. The summed E-state index contributed by atoms with van der Waals surface area (Å²) in [6, 6.07) is 11.4. The maximum Gasteiger partial charge on any atom is 0.337 e. The smallest absolute Gasteiger partial charge is 0.337 e. The molecule has 0 fully saturated rings. The van der Waals surface area contributed by atoms with E-state index >= 15 is 0 Å². The predicted octanol–water partition coefficient (Wildman–Crippen LogP) is 3.27. The van der Waals surface area contributed by atoms with Gasteiger partial charge in [-0.15, -0.1) is 0 Å². The summed E-state index contributed by atoms with van der Waals surface area (Å²) in [6.07, 6.45) is 0. The summed E-state index contributed by atoms with van der Waals surface area (Å²) >= 11 is 0. The Kier molecular flexibility index (Phi) is 4.73. The molecule has 2 aromatic carbocycles. The van der Waals surface area contributed by atoms with Gasteiger partial charge in [0.1, 0.15) is 6.61 Å². The number of ether oxygens (including phenoxy) is 2. The van der Waals surface area contributed by atoms with Crippen LogP contribution >= 0.6 is 0 Å². The third-order valence-corrected chi connectivity index (χ3v) is 3.08. The molecule has 0 aromatic heterocycles. The Balaban J connectivity index is 2.11. The topological polar surface area (TPSA) is 78.7 Å². The minimum absolute atomic E-state index is 0.0724. The monoisotopic (exact) mass is 301 g/mol. The van der Waals surface area contributed by atoms with Crippen LogP contribution < -0.4 is 4.74 Å². The number of esters is 1. The molecule has 114 valence electrons. The largest absolute Gasteiger partial charge is 0.482 e. The molecule has 0 unspecified atom stereocenters. The van der Waals surface area contributed by atoms with Crippen LogP contribution in [0.3, 0.4) is 0 Å². The Morgan fingerprint density at radius 3 is 2.45 bits per heavy atom. The third kappa shape index (κ3) is 3.60. The van der Waals surface area contributed by atoms with E-state index in [9.17, 15) is 14.9 Å². The molecule has 0 N–H and O–H groups in total. The van der Waals surface area contributed by atoms with E-state index in [0.717, 1.165) is 11.1 Å². The molecule has 0 aliphatic heterocycles. The summed E-state index contributed by atoms with van der Waals surface area (Å²) in [6.45, 7) is 2.01. The summed E-state index contributed by atoms with van der Waals surface area (Å²) in [5.41, 5.74) is 2.04. The standard InChI is InChI=1S/C16H15NO5/c1-11-3-8-14(17(19)20)15(9-11)22-10-12-4-6-13(7-5-12)16(18)21-2/h3-9H,10H2,1-2H3. The number of aryl methyl sites for hydroxylation is 1. The molecule has 0 aliphatic rings. The second-order valence-electron chi connectivity index (χ2n) is 4.71. The van der Waals surface area contributed by atoms with Crippen LogP contribution in [0.2, 0.25) is 0 Å². The number of methoxy groups -OCH3 is 1. The fourth-order valence-corrected chi connectivity index (χ4v) is 1.90. The lowest BCUT2D eigenvalue weighted by Crippen LogP contribution is -2.02. The van der Waals surface area contributed by atoms with Crippen molar-refractivity contribution in [3.8, 4) is 5.75 Å². The molecule has 0 heterocycles. The van der Waals surface area contributed by atoms with Crippen LogP contribution in [0.15, 0.2) is 42.5 Å². The number of rotatable bonds is 5. The highest BCUT2D eigenvalue weighted by atomic mass is 16.6. The van der Waals surface area contributed by atoms with Gasteiger partial charge in [0.15, 0.2) is 5.75 Å². The van der Waals surface area contributed by atoms with Gasteiger partial charge < -0.3 is 9.47 Å². The second kappa shape index (κ2) is 6.71. The summed E-state index contributed by atoms with van der Waals surface area (Å²) in [5, 5.41) is 11.0. The lowest BCUT2D eigenvalue weighted by molar-refractivity contribution is -0.386. The molecular weight excluding hydrogens is 286 g/mol. The van der Waals surface area contributed by atoms with E-state index in [-0.39, 0.29) is 18.0 Å². The van der Waals surface area contributed by atoms with Gasteiger partial charge in [0, 0.05) is 6.07 Å². The third-order valence-electron chi connectivity index (χ3n) is 3.08. The van der Waals surface area contributed by atoms with Crippen LogP contribution in [0.5, 0.6) is 5.75 Å². The number of nitro benzene ring substituents is 1. The lowest BCUT2D eigenvalue weighted by Gasteiger charge is -2.08. The zero-order chi connectivity index (χ0) is 16.1. The molecule has 0 radical (unpaired) electrons. The van der Waals surface area contributed by atoms with Gasteiger partial charge in [0.25, 0.3) is 0 Å². The van der Waals surface area contributed by atoms with Crippen molar-refractivity contribution in [1.29, 1.82) is 0 Å². The molecule has 22 heavy (non-hydrogen) atoms. The van der Waals surface area contributed by atoms with Crippen LogP contribution in [0.4, 0.5) is 5.69 Å². The summed E-state index contributed by atoms with van der Waals surface area (Å²) in [7, 11) is 1.32. The van der Waals surface area contributed by atoms with Crippen molar-refractivity contribution < 1.29 is 19.2 Å². The van der Waals surface area contributed by atoms with Crippen molar-refractivity contribution in [3.05, 3.63) is 69.3 Å². The Morgan fingerprint density at radius 1 is 1.18 bits per heavy atom. The quantitative estimate of drug-likeness (QED) is 0.481. The van der Waals surface area contributed by atoms with Crippen LogP contribution in [-0.4, -0.2) is 18.0 Å². The molecule has 2 aromatic rings. The van der Waals surface area contributed by atoms with E-state index in [0.29, 0.717) is 5.56 Å². The number of nitrogens with zero attached hydrogens (tertiary/aromatic N) is 1. The summed E-state index contributed by atoms with van der Waals surface area (Å²) < 4.78 is 10.1. The zero-order valence-electron chi connectivity index (χ0n) is 12.2. The number of carbonyl (C=O) groups excluding carboxylic acids is 1. The van der Waals surface area contributed by atoms with Crippen molar-refractivity contribution in [2.75, 3.05) is 7.11 Å². The number of hydrogen-bond acceptors (Lipinski definition) is 5. The van der Waals surface area contributed by atoms with E-state index in [4.69, 9.17) is 4.74 Å². The first-order valence-electron chi connectivity index (χ1n) is 6.56. The van der Waals surface area contributed by atoms with E-state index in [1.165, 1.54) is 13.2 Å². The SMILES string of the molecule is COC(=O)c1ccc(COc2cc(C)ccc2[N+](=O)[O-])cc1. The molecule has 0 amide bonds. The van der Waals surface area contributed by atoms with Crippen molar-refractivity contribution in [2.45, 2.75) is 13.5 Å². The number of nitro groups is 1. The molecule has 6 heteroatoms. The Labute approximate surface area is 127 Å².